The minimum absolute atomic E-state index is 0.0233. The summed E-state index contributed by atoms with van der Waals surface area (Å²) in [7, 11) is 1.63. The molecular weight excluding hydrogens is 196 g/mol. The number of rotatable bonds is 7. The van der Waals surface area contributed by atoms with E-state index in [0.29, 0.717) is 13.2 Å². The van der Waals surface area contributed by atoms with E-state index in [1.54, 1.807) is 7.11 Å². The molecule has 0 saturated carbocycles. The summed E-state index contributed by atoms with van der Waals surface area (Å²) in [5, 5.41) is 0. The molecule has 90 valence electrons. The smallest absolute Gasteiger partial charge is 0.308 e. The van der Waals surface area contributed by atoms with Gasteiger partial charge < -0.3 is 14.2 Å². The Morgan fingerprint density at radius 3 is 2.13 bits per heavy atom. The van der Waals surface area contributed by atoms with Crippen molar-refractivity contribution < 1.29 is 19.0 Å². The highest BCUT2D eigenvalue weighted by molar-refractivity contribution is 5.71. The highest BCUT2D eigenvalue weighted by atomic mass is 16.6. The standard InChI is InChI=1S/C11H22O4/c1-8(2)11(12)15-10(4)7-14-9(3)6-13-5/h8-10H,6-7H2,1-5H3. The van der Waals surface area contributed by atoms with Crippen molar-refractivity contribution in [1.29, 1.82) is 0 Å². The van der Waals surface area contributed by atoms with Gasteiger partial charge in [0.1, 0.15) is 6.10 Å². The van der Waals surface area contributed by atoms with Gasteiger partial charge in [0.25, 0.3) is 0 Å². The maximum Gasteiger partial charge on any atom is 0.308 e. The van der Waals surface area contributed by atoms with Gasteiger partial charge in [-0.25, -0.2) is 0 Å². The van der Waals surface area contributed by atoms with E-state index in [-0.39, 0.29) is 24.1 Å². The van der Waals surface area contributed by atoms with Crippen LogP contribution in [0, 0.1) is 5.92 Å². The zero-order valence-corrected chi connectivity index (χ0v) is 10.3. The van der Waals surface area contributed by atoms with Gasteiger partial charge >= 0.3 is 5.97 Å². The number of ether oxygens (including phenoxy) is 3. The lowest BCUT2D eigenvalue weighted by molar-refractivity contribution is -0.156. The fourth-order valence-corrected chi connectivity index (χ4v) is 0.951. The zero-order valence-electron chi connectivity index (χ0n) is 10.3. The normalized spacial score (nSPS) is 15.1. The van der Waals surface area contributed by atoms with Gasteiger partial charge in [-0.05, 0) is 13.8 Å². The first-order chi connectivity index (χ1) is 6.97. The van der Waals surface area contributed by atoms with Crippen molar-refractivity contribution in [3.05, 3.63) is 0 Å². The predicted octanol–water partition coefficient (Wildman–Crippen LogP) is 1.63. The Bertz CT molecular complexity index is 179. The van der Waals surface area contributed by atoms with Crippen LogP contribution < -0.4 is 0 Å². The molecule has 15 heavy (non-hydrogen) atoms. The largest absolute Gasteiger partial charge is 0.460 e. The van der Waals surface area contributed by atoms with Crippen molar-refractivity contribution in [3.63, 3.8) is 0 Å². The van der Waals surface area contributed by atoms with E-state index in [1.807, 2.05) is 27.7 Å². The van der Waals surface area contributed by atoms with Crippen LogP contribution in [-0.2, 0) is 19.0 Å². The Kier molecular flexibility index (Phi) is 7.34. The molecule has 4 heteroatoms. The van der Waals surface area contributed by atoms with Crippen LogP contribution >= 0.6 is 0 Å². The first-order valence-electron chi connectivity index (χ1n) is 5.28. The third-order valence-electron chi connectivity index (χ3n) is 1.81. The monoisotopic (exact) mass is 218 g/mol. The molecule has 0 spiro atoms. The van der Waals surface area contributed by atoms with Gasteiger partial charge in [-0.15, -0.1) is 0 Å². The number of hydrogen-bond donors (Lipinski definition) is 0. The molecule has 0 bridgehead atoms. The van der Waals surface area contributed by atoms with Crippen molar-refractivity contribution in [2.45, 2.75) is 39.9 Å². The number of methoxy groups -OCH3 is 1. The second-order valence-electron chi connectivity index (χ2n) is 4.00. The van der Waals surface area contributed by atoms with Crippen LogP contribution in [0.1, 0.15) is 27.7 Å². The van der Waals surface area contributed by atoms with E-state index in [4.69, 9.17) is 14.2 Å². The van der Waals surface area contributed by atoms with Gasteiger partial charge in [0.05, 0.1) is 25.2 Å². The van der Waals surface area contributed by atoms with Gasteiger partial charge in [0.15, 0.2) is 0 Å². The lowest BCUT2D eigenvalue weighted by atomic mass is 10.2. The molecule has 4 nitrogen and oxygen atoms in total. The third-order valence-corrected chi connectivity index (χ3v) is 1.81. The Morgan fingerprint density at radius 1 is 1.07 bits per heavy atom. The van der Waals surface area contributed by atoms with Crippen LogP contribution in [0.2, 0.25) is 0 Å². The molecule has 0 aliphatic heterocycles. The maximum absolute atomic E-state index is 11.2. The zero-order chi connectivity index (χ0) is 11.8. The molecule has 0 aliphatic carbocycles. The van der Waals surface area contributed by atoms with E-state index in [1.165, 1.54) is 0 Å². The average Bonchev–Trinajstić information content (AvgIpc) is 2.15. The third kappa shape index (κ3) is 7.33. The van der Waals surface area contributed by atoms with Crippen LogP contribution in [0.3, 0.4) is 0 Å². The molecule has 0 rings (SSSR count). The highest BCUT2D eigenvalue weighted by Crippen LogP contribution is 2.02. The number of carbonyl (C=O) groups is 1. The number of hydrogen-bond acceptors (Lipinski definition) is 4. The van der Waals surface area contributed by atoms with E-state index >= 15 is 0 Å². The van der Waals surface area contributed by atoms with Crippen LogP contribution in [0.15, 0.2) is 0 Å². The van der Waals surface area contributed by atoms with Gasteiger partial charge in [-0.3, -0.25) is 4.79 Å². The fourth-order valence-electron chi connectivity index (χ4n) is 0.951. The minimum atomic E-state index is -0.209. The molecule has 2 unspecified atom stereocenters. The topological polar surface area (TPSA) is 44.8 Å². The summed E-state index contributed by atoms with van der Waals surface area (Å²) in [6.45, 7) is 8.31. The molecule has 0 N–H and O–H groups in total. The molecule has 0 amide bonds. The maximum atomic E-state index is 11.2. The van der Waals surface area contributed by atoms with Crippen molar-refractivity contribution in [1.82, 2.24) is 0 Å². The predicted molar refractivity (Wildman–Crippen MR) is 57.7 cm³/mol. The average molecular weight is 218 g/mol. The summed E-state index contributed by atoms with van der Waals surface area (Å²) in [4.78, 5) is 11.2. The minimum Gasteiger partial charge on any atom is -0.460 e. The lowest BCUT2D eigenvalue weighted by Gasteiger charge is -2.18. The molecular formula is C11H22O4. The second-order valence-corrected chi connectivity index (χ2v) is 4.00. The Hall–Kier alpha value is -0.610. The summed E-state index contributed by atoms with van der Waals surface area (Å²) < 4.78 is 15.5. The molecule has 0 fully saturated rings. The van der Waals surface area contributed by atoms with Crippen molar-refractivity contribution in [3.8, 4) is 0 Å². The summed E-state index contributed by atoms with van der Waals surface area (Å²) >= 11 is 0. The van der Waals surface area contributed by atoms with E-state index in [9.17, 15) is 4.79 Å². The number of esters is 1. The van der Waals surface area contributed by atoms with E-state index < -0.39 is 0 Å². The van der Waals surface area contributed by atoms with Gasteiger partial charge in [-0.1, -0.05) is 13.8 Å². The summed E-state index contributed by atoms with van der Waals surface area (Å²) in [5.41, 5.74) is 0. The van der Waals surface area contributed by atoms with Crippen LogP contribution in [-0.4, -0.2) is 38.5 Å². The fraction of sp³-hybridized carbons (Fsp3) is 0.909. The summed E-state index contributed by atoms with van der Waals surface area (Å²) in [5.74, 6) is -0.283. The van der Waals surface area contributed by atoms with Crippen molar-refractivity contribution in [2.24, 2.45) is 5.92 Å². The van der Waals surface area contributed by atoms with Crippen molar-refractivity contribution in [2.75, 3.05) is 20.3 Å². The first-order valence-corrected chi connectivity index (χ1v) is 5.28. The SMILES string of the molecule is COCC(C)OCC(C)OC(=O)C(C)C. The highest BCUT2D eigenvalue weighted by Gasteiger charge is 2.14. The Balaban J connectivity index is 3.65. The molecule has 0 aliphatic rings. The van der Waals surface area contributed by atoms with Crippen LogP contribution in [0.25, 0.3) is 0 Å². The first kappa shape index (κ1) is 14.4. The molecule has 2 atom stereocenters. The van der Waals surface area contributed by atoms with Gasteiger partial charge in [-0.2, -0.15) is 0 Å². The quantitative estimate of drug-likeness (QED) is 0.609. The number of carbonyl (C=O) groups excluding carboxylic acids is 1. The Morgan fingerprint density at radius 2 is 1.67 bits per heavy atom. The second kappa shape index (κ2) is 7.65. The summed E-state index contributed by atoms with van der Waals surface area (Å²) in [6, 6.07) is 0. The lowest BCUT2D eigenvalue weighted by Crippen LogP contribution is -2.26. The summed E-state index contributed by atoms with van der Waals surface area (Å²) in [6.07, 6.45) is -0.186. The van der Waals surface area contributed by atoms with E-state index in [2.05, 4.69) is 0 Å². The van der Waals surface area contributed by atoms with Gasteiger partial charge in [0.2, 0.25) is 0 Å². The molecule has 0 aromatic carbocycles. The molecule has 0 heterocycles. The van der Waals surface area contributed by atoms with Crippen LogP contribution in [0.5, 0.6) is 0 Å². The van der Waals surface area contributed by atoms with E-state index in [0.717, 1.165) is 0 Å². The van der Waals surface area contributed by atoms with Crippen molar-refractivity contribution >= 4 is 5.97 Å². The molecule has 0 aromatic heterocycles. The molecule has 0 radical (unpaired) electrons. The molecule has 0 saturated heterocycles. The van der Waals surface area contributed by atoms with Gasteiger partial charge in [0, 0.05) is 7.11 Å². The molecule has 0 aromatic rings. The van der Waals surface area contributed by atoms with Crippen LogP contribution in [0.4, 0.5) is 0 Å². The Labute approximate surface area is 91.9 Å².